The van der Waals surface area contributed by atoms with Crippen LogP contribution in [-0.4, -0.2) is 26.7 Å². The van der Waals surface area contributed by atoms with E-state index in [1.807, 2.05) is 0 Å². The predicted molar refractivity (Wildman–Crippen MR) is 63.4 cm³/mol. The van der Waals surface area contributed by atoms with E-state index in [0.29, 0.717) is 17.2 Å². The normalized spacial score (nSPS) is 11.7. The minimum atomic E-state index is -0.404. The molecule has 0 aromatic heterocycles. The Morgan fingerprint density at radius 2 is 1.82 bits per heavy atom. The molecule has 1 atom stereocenters. The van der Waals surface area contributed by atoms with Crippen molar-refractivity contribution in [1.29, 1.82) is 0 Å². The van der Waals surface area contributed by atoms with Crippen molar-refractivity contribution in [3.8, 4) is 17.2 Å². The molecule has 2 N–H and O–H groups in total. The number of hydrogen-bond acceptors (Lipinski definition) is 4. The number of carbonyl (C=O) groups excluding carboxylic acids is 1. The van der Waals surface area contributed by atoms with Gasteiger partial charge in [-0.15, -0.1) is 0 Å². The molecule has 0 heterocycles. The van der Waals surface area contributed by atoms with Crippen molar-refractivity contribution in [2.24, 2.45) is 11.7 Å². The topological polar surface area (TPSA) is 70.8 Å². The molecule has 0 aliphatic carbocycles. The zero-order valence-electron chi connectivity index (χ0n) is 10.2. The summed E-state index contributed by atoms with van der Waals surface area (Å²) in [6.07, 6.45) is 0. The SMILES string of the molecule is COc1cccc(OC)c1OCC(C)C(N)=O. The highest BCUT2D eigenvalue weighted by Gasteiger charge is 2.15. The lowest BCUT2D eigenvalue weighted by atomic mass is 10.2. The van der Waals surface area contributed by atoms with Crippen LogP contribution in [0.5, 0.6) is 17.2 Å². The van der Waals surface area contributed by atoms with Crippen LogP contribution in [-0.2, 0) is 4.79 Å². The summed E-state index contributed by atoms with van der Waals surface area (Å²) in [5, 5.41) is 0. The molecule has 5 nitrogen and oxygen atoms in total. The highest BCUT2D eigenvalue weighted by Crippen LogP contribution is 2.36. The molecule has 0 radical (unpaired) electrons. The van der Waals surface area contributed by atoms with Gasteiger partial charge in [0.25, 0.3) is 0 Å². The van der Waals surface area contributed by atoms with E-state index < -0.39 is 5.91 Å². The summed E-state index contributed by atoms with van der Waals surface area (Å²) in [7, 11) is 3.08. The van der Waals surface area contributed by atoms with Crippen molar-refractivity contribution in [2.75, 3.05) is 20.8 Å². The molecule has 0 bridgehead atoms. The van der Waals surface area contributed by atoms with Crippen molar-refractivity contribution in [3.63, 3.8) is 0 Å². The monoisotopic (exact) mass is 239 g/mol. The Bertz CT molecular complexity index is 370. The zero-order chi connectivity index (χ0) is 12.8. The number of ether oxygens (including phenoxy) is 3. The maximum atomic E-state index is 10.9. The van der Waals surface area contributed by atoms with E-state index in [2.05, 4.69) is 0 Å². The quantitative estimate of drug-likeness (QED) is 0.809. The van der Waals surface area contributed by atoms with Gasteiger partial charge in [0, 0.05) is 0 Å². The summed E-state index contributed by atoms with van der Waals surface area (Å²) in [4.78, 5) is 10.9. The van der Waals surface area contributed by atoms with Gasteiger partial charge in [0.15, 0.2) is 11.5 Å². The van der Waals surface area contributed by atoms with Crippen LogP contribution < -0.4 is 19.9 Å². The van der Waals surface area contributed by atoms with Gasteiger partial charge < -0.3 is 19.9 Å². The number of benzene rings is 1. The van der Waals surface area contributed by atoms with Gasteiger partial charge >= 0.3 is 0 Å². The molecule has 1 aromatic carbocycles. The number of carbonyl (C=O) groups is 1. The van der Waals surface area contributed by atoms with Crippen LogP contribution in [0.4, 0.5) is 0 Å². The van der Waals surface area contributed by atoms with Crippen molar-refractivity contribution in [2.45, 2.75) is 6.92 Å². The minimum Gasteiger partial charge on any atom is -0.493 e. The van der Waals surface area contributed by atoms with E-state index >= 15 is 0 Å². The maximum Gasteiger partial charge on any atom is 0.223 e. The molecule has 1 rings (SSSR count). The van der Waals surface area contributed by atoms with E-state index in [1.54, 1.807) is 39.3 Å². The third-order valence-corrected chi connectivity index (χ3v) is 2.35. The fourth-order valence-electron chi connectivity index (χ4n) is 1.25. The molecule has 94 valence electrons. The first-order chi connectivity index (χ1) is 8.10. The highest BCUT2D eigenvalue weighted by molar-refractivity contribution is 5.76. The summed E-state index contributed by atoms with van der Waals surface area (Å²) in [6.45, 7) is 1.89. The first kappa shape index (κ1) is 13.2. The average molecular weight is 239 g/mol. The van der Waals surface area contributed by atoms with E-state index in [-0.39, 0.29) is 12.5 Å². The molecule has 0 saturated carbocycles. The van der Waals surface area contributed by atoms with Crippen LogP contribution in [0.15, 0.2) is 18.2 Å². The second-order valence-corrected chi connectivity index (χ2v) is 3.61. The first-order valence-electron chi connectivity index (χ1n) is 5.23. The van der Waals surface area contributed by atoms with Gasteiger partial charge in [0.05, 0.1) is 26.7 Å². The number of rotatable bonds is 6. The lowest BCUT2D eigenvalue weighted by Crippen LogP contribution is -2.25. The van der Waals surface area contributed by atoms with E-state index in [0.717, 1.165) is 0 Å². The van der Waals surface area contributed by atoms with Gasteiger partial charge in [-0.1, -0.05) is 13.0 Å². The van der Waals surface area contributed by atoms with Gasteiger partial charge in [-0.05, 0) is 12.1 Å². The molecule has 1 aromatic rings. The van der Waals surface area contributed by atoms with Gasteiger partial charge in [0.1, 0.15) is 0 Å². The summed E-state index contributed by atoms with van der Waals surface area (Å²) < 4.78 is 15.8. The predicted octanol–water partition coefficient (Wildman–Crippen LogP) is 1.20. The van der Waals surface area contributed by atoms with Gasteiger partial charge in [0.2, 0.25) is 11.7 Å². The molecule has 0 fully saturated rings. The highest BCUT2D eigenvalue weighted by atomic mass is 16.5. The molecule has 5 heteroatoms. The molecular formula is C12H17NO4. The maximum absolute atomic E-state index is 10.9. The zero-order valence-corrected chi connectivity index (χ0v) is 10.2. The largest absolute Gasteiger partial charge is 0.493 e. The molecule has 1 unspecified atom stereocenters. The molecule has 0 spiro atoms. The Labute approximate surface area is 100 Å². The Morgan fingerprint density at radius 3 is 2.24 bits per heavy atom. The number of nitrogens with two attached hydrogens (primary N) is 1. The minimum absolute atomic E-state index is 0.187. The third kappa shape index (κ3) is 3.27. The summed E-state index contributed by atoms with van der Waals surface area (Å²) >= 11 is 0. The van der Waals surface area contributed by atoms with Crippen LogP contribution in [0, 0.1) is 5.92 Å². The summed E-state index contributed by atoms with van der Waals surface area (Å²) in [6, 6.07) is 5.31. The Kier molecular flexibility index (Phi) is 4.63. The molecule has 1 amide bonds. The number of hydrogen-bond donors (Lipinski definition) is 1. The Balaban J connectivity index is 2.84. The van der Waals surface area contributed by atoms with Crippen LogP contribution in [0.1, 0.15) is 6.92 Å². The molecule has 0 aliphatic rings. The first-order valence-corrected chi connectivity index (χ1v) is 5.23. The smallest absolute Gasteiger partial charge is 0.223 e. The lowest BCUT2D eigenvalue weighted by Gasteiger charge is -2.15. The van der Waals surface area contributed by atoms with Gasteiger partial charge in [-0.3, -0.25) is 4.79 Å². The molecular weight excluding hydrogens is 222 g/mol. The number of primary amides is 1. The van der Waals surface area contributed by atoms with E-state index in [4.69, 9.17) is 19.9 Å². The molecule has 0 aliphatic heterocycles. The number of methoxy groups -OCH3 is 2. The summed E-state index contributed by atoms with van der Waals surface area (Å²) in [5.41, 5.74) is 5.16. The van der Waals surface area contributed by atoms with Crippen LogP contribution >= 0.6 is 0 Å². The third-order valence-electron chi connectivity index (χ3n) is 2.35. The van der Waals surface area contributed by atoms with E-state index in [9.17, 15) is 4.79 Å². The van der Waals surface area contributed by atoms with Crippen LogP contribution in [0.2, 0.25) is 0 Å². The fourth-order valence-corrected chi connectivity index (χ4v) is 1.25. The van der Waals surface area contributed by atoms with Crippen LogP contribution in [0.3, 0.4) is 0 Å². The summed E-state index contributed by atoms with van der Waals surface area (Å²) in [5.74, 6) is 0.816. The fraction of sp³-hybridized carbons (Fsp3) is 0.417. The molecule has 17 heavy (non-hydrogen) atoms. The average Bonchev–Trinajstić information content (AvgIpc) is 2.34. The van der Waals surface area contributed by atoms with E-state index in [1.165, 1.54) is 0 Å². The second kappa shape index (κ2) is 5.98. The van der Waals surface area contributed by atoms with Crippen LogP contribution in [0.25, 0.3) is 0 Å². The molecule has 0 saturated heterocycles. The standard InChI is InChI=1S/C12H17NO4/c1-8(12(13)14)7-17-11-9(15-2)5-4-6-10(11)16-3/h4-6,8H,7H2,1-3H3,(H2,13,14). The van der Waals surface area contributed by atoms with Crippen molar-refractivity contribution < 1.29 is 19.0 Å². The van der Waals surface area contributed by atoms with Gasteiger partial charge in [-0.2, -0.15) is 0 Å². The number of para-hydroxylation sites is 1. The van der Waals surface area contributed by atoms with Crippen molar-refractivity contribution in [1.82, 2.24) is 0 Å². The van der Waals surface area contributed by atoms with Crippen molar-refractivity contribution >= 4 is 5.91 Å². The second-order valence-electron chi connectivity index (χ2n) is 3.61. The Hall–Kier alpha value is -1.91. The van der Waals surface area contributed by atoms with Gasteiger partial charge in [-0.25, -0.2) is 0 Å². The lowest BCUT2D eigenvalue weighted by molar-refractivity contribution is -0.122. The Morgan fingerprint density at radius 1 is 1.29 bits per heavy atom. The number of amides is 1. The van der Waals surface area contributed by atoms with Crippen molar-refractivity contribution in [3.05, 3.63) is 18.2 Å².